The van der Waals surface area contributed by atoms with Crippen LogP contribution >= 0.6 is 0 Å². The van der Waals surface area contributed by atoms with E-state index >= 15 is 0 Å². The van der Waals surface area contributed by atoms with E-state index in [2.05, 4.69) is 9.71 Å². The fraction of sp³-hybridized carbons (Fsp3) is 0.306. The minimum atomic E-state index is -4.75. The second kappa shape index (κ2) is 14.1. The number of rotatable bonds is 12. The van der Waals surface area contributed by atoms with Gasteiger partial charge in [0.2, 0.25) is 0 Å². The second-order valence-corrected chi connectivity index (χ2v) is 13.5. The zero-order valence-electron chi connectivity index (χ0n) is 25.7. The zero-order valence-corrected chi connectivity index (χ0v) is 26.6. The largest absolute Gasteiger partial charge is 0.458 e. The van der Waals surface area contributed by atoms with Gasteiger partial charge in [0.15, 0.2) is 10.8 Å². The topological polar surface area (TPSA) is 102 Å². The number of ether oxygens (including phenoxy) is 1. The highest BCUT2D eigenvalue weighted by atomic mass is 32.2. The highest BCUT2D eigenvalue weighted by Gasteiger charge is 2.49. The number of carbonyl (C=O) groups excluding carboxylic acids is 2. The van der Waals surface area contributed by atoms with Gasteiger partial charge in [-0.2, -0.15) is 21.6 Å². The molecule has 1 aromatic heterocycles. The third kappa shape index (κ3) is 8.26. The molecule has 7 nitrogen and oxygen atoms in total. The number of ketones is 1. The second-order valence-electron chi connectivity index (χ2n) is 11.8. The number of cyclic esters (lactones) is 1. The van der Waals surface area contributed by atoms with Gasteiger partial charge in [-0.15, -0.1) is 0 Å². The van der Waals surface area contributed by atoms with Crippen LogP contribution in [0.25, 0.3) is 0 Å². The Hall–Kier alpha value is -4.51. The Kier molecular flexibility index (Phi) is 10.1. The van der Waals surface area contributed by atoms with E-state index in [-0.39, 0.29) is 17.9 Å². The molecule has 246 valence electrons. The van der Waals surface area contributed by atoms with Crippen LogP contribution in [0.5, 0.6) is 0 Å². The summed E-state index contributed by atoms with van der Waals surface area (Å²) < 4.78 is 74.0. The average Bonchev–Trinajstić information content (AvgIpc) is 3.05. The number of sulfonamides is 1. The number of anilines is 1. The number of halogens is 3. The van der Waals surface area contributed by atoms with E-state index < -0.39 is 50.2 Å². The van der Waals surface area contributed by atoms with E-state index in [1.807, 2.05) is 67.6 Å². The molecule has 2 atom stereocenters. The highest BCUT2D eigenvalue weighted by molar-refractivity contribution is 7.92. The standard InChI is InChI=1S/C36H35F3N2O5S/c1-2-30(27-14-9-15-29(22-27)41-47(44,45)32-23-28(18-21-40-32)36(37,38)39)33-31(42)24-35(46-34(33)43,19-16-25-10-5-3-6-11-25)20-17-26-12-7-4-8-13-26/h3-15,18,21-23,30,33,41H,2,16-17,19-20,24H2,1H3. The fourth-order valence-electron chi connectivity index (χ4n) is 6.13. The molecule has 1 saturated heterocycles. The van der Waals surface area contributed by atoms with Crippen LogP contribution in [0.3, 0.4) is 0 Å². The van der Waals surface area contributed by atoms with Crippen molar-refractivity contribution in [3.63, 3.8) is 0 Å². The van der Waals surface area contributed by atoms with Crippen molar-refractivity contribution in [3.8, 4) is 0 Å². The van der Waals surface area contributed by atoms with Gasteiger partial charge in [-0.3, -0.25) is 14.3 Å². The number of pyridine rings is 1. The van der Waals surface area contributed by atoms with Crippen LogP contribution in [0.2, 0.25) is 0 Å². The summed E-state index contributed by atoms with van der Waals surface area (Å²) in [6, 6.07) is 26.9. The number of alkyl halides is 3. The van der Waals surface area contributed by atoms with E-state index in [1.165, 1.54) is 12.1 Å². The van der Waals surface area contributed by atoms with Gasteiger partial charge in [-0.1, -0.05) is 79.7 Å². The Morgan fingerprint density at radius 2 is 1.51 bits per heavy atom. The van der Waals surface area contributed by atoms with Gasteiger partial charge in [0, 0.05) is 24.2 Å². The van der Waals surface area contributed by atoms with Crippen molar-refractivity contribution in [3.05, 3.63) is 126 Å². The summed E-state index contributed by atoms with van der Waals surface area (Å²) in [7, 11) is -4.49. The predicted octanol–water partition coefficient (Wildman–Crippen LogP) is 7.53. The van der Waals surface area contributed by atoms with Gasteiger partial charge in [0.1, 0.15) is 11.5 Å². The summed E-state index contributed by atoms with van der Waals surface area (Å²) in [5.41, 5.74) is 0.583. The zero-order chi connectivity index (χ0) is 33.7. The van der Waals surface area contributed by atoms with Crippen molar-refractivity contribution in [2.75, 3.05) is 4.72 Å². The monoisotopic (exact) mass is 664 g/mol. The number of carbonyl (C=O) groups is 2. The minimum absolute atomic E-state index is 0.0487. The van der Waals surface area contributed by atoms with Crippen molar-refractivity contribution in [1.29, 1.82) is 0 Å². The lowest BCUT2D eigenvalue weighted by Crippen LogP contribution is -2.49. The number of aromatic nitrogens is 1. The summed E-state index contributed by atoms with van der Waals surface area (Å²) in [5.74, 6) is -2.58. The lowest BCUT2D eigenvalue weighted by atomic mass is 9.74. The number of aryl methyl sites for hydroxylation is 2. The summed E-state index contributed by atoms with van der Waals surface area (Å²) in [5, 5.41) is -0.793. The molecule has 11 heteroatoms. The number of nitrogens with zero attached hydrogens (tertiary/aromatic N) is 1. The number of benzene rings is 3. The number of Topliss-reactive ketones (excluding diaryl/α,β-unsaturated/α-hetero) is 1. The third-order valence-electron chi connectivity index (χ3n) is 8.59. The molecule has 5 rings (SSSR count). The predicted molar refractivity (Wildman–Crippen MR) is 171 cm³/mol. The van der Waals surface area contributed by atoms with Gasteiger partial charge in [-0.05, 0) is 73.1 Å². The quantitative estimate of drug-likeness (QED) is 0.124. The maximum atomic E-state index is 13.9. The van der Waals surface area contributed by atoms with Crippen LogP contribution < -0.4 is 4.72 Å². The molecule has 0 spiro atoms. The molecule has 0 radical (unpaired) electrons. The molecular weight excluding hydrogens is 629 g/mol. The first kappa shape index (κ1) is 33.8. The molecule has 0 saturated carbocycles. The van der Waals surface area contributed by atoms with Crippen molar-refractivity contribution < 1.29 is 35.9 Å². The smallest absolute Gasteiger partial charge is 0.416 e. The van der Waals surface area contributed by atoms with Crippen LogP contribution in [0, 0.1) is 5.92 Å². The van der Waals surface area contributed by atoms with Crippen molar-refractivity contribution >= 4 is 27.5 Å². The normalized spacial score (nSPS) is 17.1. The average molecular weight is 665 g/mol. The van der Waals surface area contributed by atoms with Gasteiger partial charge >= 0.3 is 12.1 Å². The first-order valence-electron chi connectivity index (χ1n) is 15.4. The Bertz CT molecular complexity index is 1750. The number of hydrogen-bond donors (Lipinski definition) is 1. The first-order chi connectivity index (χ1) is 22.4. The molecule has 0 amide bonds. The maximum absolute atomic E-state index is 13.9. The highest BCUT2D eigenvalue weighted by Crippen LogP contribution is 2.41. The van der Waals surface area contributed by atoms with Crippen molar-refractivity contribution in [1.82, 2.24) is 4.98 Å². The Balaban J connectivity index is 1.36. The minimum Gasteiger partial charge on any atom is -0.458 e. The molecule has 4 aromatic rings. The lowest BCUT2D eigenvalue weighted by Gasteiger charge is -2.41. The summed E-state index contributed by atoms with van der Waals surface area (Å²) in [6.07, 6.45) is -1.34. The van der Waals surface area contributed by atoms with Crippen molar-refractivity contribution in [2.45, 2.75) is 68.2 Å². The first-order valence-corrected chi connectivity index (χ1v) is 16.9. The summed E-state index contributed by atoms with van der Waals surface area (Å²) in [4.78, 5) is 31.3. The molecule has 0 aliphatic carbocycles. The number of nitrogens with one attached hydrogen (secondary N) is 1. The van der Waals surface area contributed by atoms with Gasteiger partial charge < -0.3 is 4.74 Å². The number of esters is 1. The van der Waals surface area contributed by atoms with Crippen molar-refractivity contribution in [2.24, 2.45) is 5.92 Å². The van der Waals surface area contributed by atoms with E-state index in [0.717, 1.165) is 17.3 Å². The van der Waals surface area contributed by atoms with Crippen LogP contribution in [0.1, 0.15) is 60.8 Å². The Morgan fingerprint density at radius 1 is 0.894 bits per heavy atom. The van der Waals surface area contributed by atoms with E-state index in [4.69, 9.17) is 4.74 Å². The molecule has 1 aliphatic rings. The molecule has 3 aromatic carbocycles. The molecule has 1 fully saturated rings. The van der Waals surface area contributed by atoms with Crippen LogP contribution in [0.4, 0.5) is 18.9 Å². The Morgan fingerprint density at radius 3 is 2.06 bits per heavy atom. The third-order valence-corrected chi connectivity index (χ3v) is 9.86. The van der Waals surface area contributed by atoms with Gasteiger partial charge in [-0.25, -0.2) is 4.98 Å². The van der Waals surface area contributed by atoms with Crippen LogP contribution in [-0.2, 0) is 43.4 Å². The summed E-state index contributed by atoms with van der Waals surface area (Å²) in [6.45, 7) is 1.82. The van der Waals surface area contributed by atoms with Gasteiger partial charge in [0.05, 0.1) is 5.56 Å². The molecule has 1 aliphatic heterocycles. The van der Waals surface area contributed by atoms with E-state index in [1.54, 1.807) is 12.1 Å². The summed E-state index contributed by atoms with van der Waals surface area (Å²) >= 11 is 0. The SMILES string of the molecule is CCC(c1cccc(NS(=O)(=O)c2cc(C(F)(F)F)ccn2)c1)C1C(=O)CC(CCc2ccccc2)(CCc2ccccc2)OC1=O. The van der Waals surface area contributed by atoms with Crippen LogP contribution in [0.15, 0.2) is 108 Å². The Labute approximate surface area is 272 Å². The molecule has 1 N–H and O–H groups in total. The molecule has 2 unspecified atom stereocenters. The molecular formula is C36H35F3N2O5S. The molecule has 0 bridgehead atoms. The molecule has 47 heavy (non-hydrogen) atoms. The van der Waals surface area contributed by atoms with Crippen LogP contribution in [-0.4, -0.2) is 30.8 Å². The van der Waals surface area contributed by atoms with E-state index in [9.17, 15) is 31.2 Å². The van der Waals surface area contributed by atoms with Gasteiger partial charge in [0.25, 0.3) is 10.0 Å². The lowest BCUT2D eigenvalue weighted by molar-refractivity contribution is -0.180. The maximum Gasteiger partial charge on any atom is 0.416 e. The van der Waals surface area contributed by atoms with E-state index in [0.29, 0.717) is 49.8 Å². The molecule has 2 heterocycles. The fourth-order valence-corrected chi connectivity index (χ4v) is 7.16. The number of hydrogen-bond acceptors (Lipinski definition) is 6.